The first kappa shape index (κ1) is 16.0. The molecule has 3 rings (SSSR count). The molecule has 0 radical (unpaired) electrons. The number of aryl methyl sites for hydroxylation is 1. The number of fused-ring (bicyclic) bond motifs is 1. The summed E-state index contributed by atoms with van der Waals surface area (Å²) in [6.07, 6.45) is 1.17. The standard InChI is InChI=1S/C18H23NO4/c1-4-13-5-15-14(6-18(21)23-17(15)7-16(13)20)10-19-8-11(2)22-12(3)9-19/h5-7,11-12,20H,4,8-10H2,1-3H3/p+1/t11-,12-/m1/s1. The Labute approximate surface area is 135 Å². The van der Waals surface area contributed by atoms with Crippen molar-refractivity contribution >= 4 is 11.0 Å². The molecule has 1 aliphatic rings. The zero-order valence-electron chi connectivity index (χ0n) is 13.9. The quantitative estimate of drug-likeness (QED) is 0.836. The molecule has 0 aliphatic carbocycles. The number of phenolic OH excluding ortho intramolecular Hbond substituents is 1. The summed E-state index contributed by atoms with van der Waals surface area (Å²) in [7, 11) is 0. The fourth-order valence-electron chi connectivity index (χ4n) is 3.54. The number of aromatic hydroxyl groups is 1. The molecule has 1 fully saturated rings. The van der Waals surface area contributed by atoms with E-state index >= 15 is 0 Å². The Hall–Kier alpha value is -1.85. The van der Waals surface area contributed by atoms with Gasteiger partial charge in [-0.25, -0.2) is 4.79 Å². The van der Waals surface area contributed by atoms with Crippen molar-refractivity contribution < 1.29 is 19.2 Å². The van der Waals surface area contributed by atoms with Crippen LogP contribution >= 0.6 is 0 Å². The summed E-state index contributed by atoms with van der Waals surface area (Å²) in [6, 6.07) is 5.07. The maximum atomic E-state index is 11.9. The number of quaternary nitrogens is 1. The second-order valence-electron chi connectivity index (χ2n) is 6.51. The van der Waals surface area contributed by atoms with Crippen LogP contribution in [0.2, 0.25) is 0 Å². The van der Waals surface area contributed by atoms with E-state index < -0.39 is 0 Å². The Bertz CT molecular complexity index is 757. The molecule has 2 atom stereocenters. The van der Waals surface area contributed by atoms with Gasteiger partial charge < -0.3 is 19.2 Å². The Kier molecular flexibility index (Phi) is 4.41. The van der Waals surface area contributed by atoms with Crippen LogP contribution in [0.15, 0.2) is 27.4 Å². The van der Waals surface area contributed by atoms with Crippen LogP contribution < -0.4 is 10.5 Å². The van der Waals surface area contributed by atoms with Gasteiger partial charge in [0, 0.05) is 23.1 Å². The highest BCUT2D eigenvalue weighted by Gasteiger charge is 2.26. The molecule has 0 saturated carbocycles. The normalized spacial score (nSPS) is 24.9. The molecule has 0 unspecified atom stereocenters. The zero-order chi connectivity index (χ0) is 16.6. The van der Waals surface area contributed by atoms with Gasteiger partial charge in [0.15, 0.2) is 0 Å². The van der Waals surface area contributed by atoms with Gasteiger partial charge in [-0.2, -0.15) is 0 Å². The van der Waals surface area contributed by atoms with E-state index in [4.69, 9.17) is 9.15 Å². The first-order valence-corrected chi connectivity index (χ1v) is 8.24. The smallest absolute Gasteiger partial charge is 0.336 e. The van der Waals surface area contributed by atoms with Crippen LogP contribution in [0.4, 0.5) is 0 Å². The minimum atomic E-state index is -0.370. The van der Waals surface area contributed by atoms with Gasteiger partial charge >= 0.3 is 5.63 Å². The summed E-state index contributed by atoms with van der Waals surface area (Å²) in [6.45, 7) is 8.76. The molecule has 0 spiro atoms. The molecule has 1 aliphatic heterocycles. The van der Waals surface area contributed by atoms with Gasteiger partial charge in [0.05, 0.1) is 0 Å². The number of phenols is 1. The Morgan fingerprint density at radius 3 is 2.52 bits per heavy atom. The number of hydrogen-bond donors (Lipinski definition) is 2. The summed E-state index contributed by atoms with van der Waals surface area (Å²) in [5, 5.41) is 10.9. The van der Waals surface area contributed by atoms with E-state index in [1.54, 1.807) is 12.1 Å². The largest absolute Gasteiger partial charge is 0.508 e. The lowest BCUT2D eigenvalue weighted by Crippen LogP contribution is -3.14. The maximum Gasteiger partial charge on any atom is 0.336 e. The SMILES string of the molecule is CCc1cc2c(C[NH+]3C[C@@H](C)O[C@H](C)C3)cc(=O)oc2cc1O. The van der Waals surface area contributed by atoms with Crippen LogP contribution in [0.1, 0.15) is 31.9 Å². The maximum absolute atomic E-state index is 11.9. The third-order valence-corrected chi connectivity index (χ3v) is 4.47. The minimum absolute atomic E-state index is 0.182. The number of benzene rings is 1. The van der Waals surface area contributed by atoms with Crippen molar-refractivity contribution in [1.29, 1.82) is 0 Å². The molecule has 0 bridgehead atoms. The van der Waals surface area contributed by atoms with E-state index in [-0.39, 0.29) is 23.6 Å². The molecule has 0 amide bonds. The molecule has 1 aromatic carbocycles. The fraction of sp³-hybridized carbons (Fsp3) is 0.500. The Morgan fingerprint density at radius 2 is 1.87 bits per heavy atom. The highest BCUT2D eigenvalue weighted by molar-refractivity contribution is 5.82. The topological polar surface area (TPSA) is 64.1 Å². The monoisotopic (exact) mass is 318 g/mol. The van der Waals surface area contributed by atoms with Gasteiger partial charge in [0.25, 0.3) is 0 Å². The second kappa shape index (κ2) is 6.34. The molecule has 2 N–H and O–H groups in total. The van der Waals surface area contributed by atoms with Gasteiger partial charge in [-0.3, -0.25) is 0 Å². The van der Waals surface area contributed by atoms with Crippen molar-refractivity contribution in [3.8, 4) is 5.75 Å². The summed E-state index contributed by atoms with van der Waals surface area (Å²) < 4.78 is 11.0. The summed E-state index contributed by atoms with van der Waals surface area (Å²) in [5.41, 5.74) is 1.93. The predicted molar refractivity (Wildman–Crippen MR) is 87.9 cm³/mol. The lowest BCUT2D eigenvalue weighted by atomic mass is 10.0. The van der Waals surface area contributed by atoms with E-state index in [0.717, 1.165) is 42.6 Å². The van der Waals surface area contributed by atoms with Gasteiger partial charge in [-0.15, -0.1) is 0 Å². The predicted octanol–water partition coefficient (Wildman–Crippen LogP) is 1.25. The molecule has 2 aromatic rings. The van der Waals surface area contributed by atoms with Gasteiger partial charge in [-0.1, -0.05) is 6.92 Å². The van der Waals surface area contributed by atoms with Crippen LogP contribution in [0.25, 0.3) is 11.0 Å². The van der Waals surface area contributed by atoms with Crippen LogP contribution in [0.5, 0.6) is 5.75 Å². The van der Waals surface area contributed by atoms with Crippen molar-refractivity contribution in [3.63, 3.8) is 0 Å². The number of hydrogen-bond acceptors (Lipinski definition) is 4. The van der Waals surface area contributed by atoms with E-state index in [2.05, 4.69) is 13.8 Å². The fourth-order valence-corrected chi connectivity index (χ4v) is 3.54. The lowest BCUT2D eigenvalue weighted by Gasteiger charge is -2.32. The molecule has 23 heavy (non-hydrogen) atoms. The molecular formula is C18H24NO4+. The molecule has 5 heteroatoms. The van der Waals surface area contributed by atoms with Crippen molar-refractivity contribution in [3.05, 3.63) is 39.7 Å². The van der Waals surface area contributed by atoms with Gasteiger partial charge in [0.1, 0.15) is 43.2 Å². The average Bonchev–Trinajstić information content (AvgIpc) is 2.45. The first-order chi connectivity index (χ1) is 11.0. The number of rotatable bonds is 3. The van der Waals surface area contributed by atoms with Crippen molar-refractivity contribution in [2.45, 2.75) is 45.9 Å². The zero-order valence-corrected chi connectivity index (χ0v) is 13.9. The second-order valence-corrected chi connectivity index (χ2v) is 6.51. The van der Waals surface area contributed by atoms with E-state index in [0.29, 0.717) is 5.58 Å². The lowest BCUT2D eigenvalue weighted by molar-refractivity contribution is -0.928. The first-order valence-electron chi connectivity index (χ1n) is 8.24. The molecular weight excluding hydrogens is 294 g/mol. The van der Waals surface area contributed by atoms with Crippen molar-refractivity contribution in [2.75, 3.05) is 13.1 Å². The minimum Gasteiger partial charge on any atom is -0.508 e. The summed E-state index contributed by atoms with van der Waals surface area (Å²) in [5.74, 6) is 0.182. The van der Waals surface area contributed by atoms with Gasteiger partial charge in [-0.05, 0) is 31.9 Å². The van der Waals surface area contributed by atoms with E-state index in [1.807, 2.05) is 13.0 Å². The Balaban J connectivity index is 2.00. The average molecular weight is 318 g/mol. The highest BCUT2D eigenvalue weighted by atomic mass is 16.5. The van der Waals surface area contributed by atoms with Gasteiger partial charge in [0.2, 0.25) is 0 Å². The summed E-state index contributed by atoms with van der Waals surface area (Å²) in [4.78, 5) is 13.3. The van der Waals surface area contributed by atoms with Crippen LogP contribution in [0.3, 0.4) is 0 Å². The third-order valence-electron chi connectivity index (χ3n) is 4.47. The van der Waals surface area contributed by atoms with E-state index in [9.17, 15) is 9.90 Å². The van der Waals surface area contributed by atoms with Crippen LogP contribution in [-0.2, 0) is 17.7 Å². The molecule has 2 heterocycles. The molecule has 5 nitrogen and oxygen atoms in total. The van der Waals surface area contributed by atoms with Crippen molar-refractivity contribution in [2.24, 2.45) is 0 Å². The number of ether oxygens (including phenoxy) is 1. The third kappa shape index (κ3) is 3.41. The van der Waals surface area contributed by atoms with Crippen molar-refractivity contribution in [1.82, 2.24) is 0 Å². The highest BCUT2D eigenvalue weighted by Crippen LogP contribution is 2.26. The number of morpholine rings is 1. The number of nitrogens with one attached hydrogen (secondary N) is 1. The Morgan fingerprint density at radius 1 is 1.17 bits per heavy atom. The van der Waals surface area contributed by atoms with Crippen LogP contribution in [-0.4, -0.2) is 30.4 Å². The molecule has 1 saturated heterocycles. The molecule has 1 aromatic heterocycles. The van der Waals surface area contributed by atoms with E-state index in [1.165, 1.54) is 4.90 Å². The summed E-state index contributed by atoms with van der Waals surface area (Å²) >= 11 is 0. The molecule has 124 valence electrons. The van der Waals surface area contributed by atoms with Crippen LogP contribution in [0, 0.1) is 0 Å².